The summed E-state index contributed by atoms with van der Waals surface area (Å²) < 4.78 is 10.3. The zero-order valence-electron chi connectivity index (χ0n) is 17.8. The lowest BCUT2D eigenvalue weighted by atomic mass is 9.79. The fourth-order valence-corrected chi connectivity index (χ4v) is 4.07. The van der Waals surface area contributed by atoms with Crippen LogP contribution >= 0.6 is 0 Å². The minimum Gasteiger partial charge on any atom is -0.469 e. The van der Waals surface area contributed by atoms with Gasteiger partial charge in [0.2, 0.25) is 0 Å². The van der Waals surface area contributed by atoms with E-state index in [1.54, 1.807) is 0 Å². The number of carbonyl (C=O) groups excluding carboxylic acids is 2. The van der Waals surface area contributed by atoms with Crippen molar-refractivity contribution in [2.24, 2.45) is 11.8 Å². The lowest BCUT2D eigenvalue weighted by Gasteiger charge is -2.27. The van der Waals surface area contributed by atoms with Crippen molar-refractivity contribution in [1.82, 2.24) is 0 Å². The molecule has 1 rings (SSSR count). The molecule has 4 heteroatoms. The van der Waals surface area contributed by atoms with Crippen LogP contribution in [0.15, 0.2) is 0 Å². The van der Waals surface area contributed by atoms with E-state index in [0.29, 0.717) is 6.61 Å². The van der Waals surface area contributed by atoms with Crippen LogP contribution in [0.3, 0.4) is 0 Å². The van der Waals surface area contributed by atoms with Gasteiger partial charge in [0.25, 0.3) is 0 Å². The highest BCUT2D eigenvalue weighted by molar-refractivity contribution is 5.82. The Morgan fingerprint density at radius 1 is 0.704 bits per heavy atom. The van der Waals surface area contributed by atoms with Gasteiger partial charge in [-0.15, -0.1) is 0 Å². The third kappa shape index (κ3) is 10.8. The van der Waals surface area contributed by atoms with Gasteiger partial charge in [-0.2, -0.15) is 0 Å². The SMILES string of the molecule is CCCCCCCCCCCCCCOC(=O)C1CCCCC1C(=O)OC. The van der Waals surface area contributed by atoms with Gasteiger partial charge in [0.1, 0.15) is 0 Å². The van der Waals surface area contributed by atoms with Crippen molar-refractivity contribution in [1.29, 1.82) is 0 Å². The topological polar surface area (TPSA) is 52.6 Å². The largest absolute Gasteiger partial charge is 0.469 e. The van der Waals surface area contributed by atoms with E-state index in [1.165, 1.54) is 71.3 Å². The van der Waals surface area contributed by atoms with E-state index in [2.05, 4.69) is 6.92 Å². The first kappa shape index (κ1) is 24.0. The molecular formula is C23H42O4. The molecule has 0 N–H and O–H groups in total. The molecule has 0 radical (unpaired) electrons. The van der Waals surface area contributed by atoms with Gasteiger partial charge in [-0.05, 0) is 19.3 Å². The molecule has 1 aliphatic carbocycles. The van der Waals surface area contributed by atoms with Crippen LogP contribution < -0.4 is 0 Å². The summed E-state index contributed by atoms with van der Waals surface area (Å²) in [6.07, 6.45) is 19.0. The zero-order valence-corrected chi connectivity index (χ0v) is 17.8. The van der Waals surface area contributed by atoms with Crippen molar-refractivity contribution in [3.05, 3.63) is 0 Å². The first-order valence-electron chi connectivity index (χ1n) is 11.4. The monoisotopic (exact) mass is 382 g/mol. The average Bonchev–Trinajstić information content (AvgIpc) is 2.70. The first-order valence-corrected chi connectivity index (χ1v) is 11.4. The molecule has 0 aromatic rings. The molecular weight excluding hydrogens is 340 g/mol. The van der Waals surface area contributed by atoms with Crippen molar-refractivity contribution in [3.8, 4) is 0 Å². The van der Waals surface area contributed by atoms with Crippen molar-refractivity contribution in [3.63, 3.8) is 0 Å². The van der Waals surface area contributed by atoms with Crippen LogP contribution in [0.1, 0.15) is 110 Å². The maximum absolute atomic E-state index is 12.3. The number of hydrogen-bond acceptors (Lipinski definition) is 4. The molecule has 158 valence electrons. The van der Waals surface area contributed by atoms with Gasteiger partial charge in [0.05, 0.1) is 25.6 Å². The minimum atomic E-state index is -0.307. The Balaban J connectivity index is 1.98. The van der Waals surface area contributed by atoms with E-state index in [1.807, 2.05) is 0 Å². The molecule has 0 saturated heterocycles. The normalized spacial score (nSPS) is 19.6. The summed E-state index contributed by atoms with van der Waals surface area (Å²) in [5.74, 6) is -1.07. The zero-order chi connectivity index (χ0) is 19.7. The molecule has 27 heavy (non-hydrogen) atoms. The summed E-state index contributed by atoms with van der Waals surface area (Å²) in [6.45, 7) is 2.75. The molecule has 1 aliphatic rings. The molecule has 1 fully saturated rings. The maximum Gasteiger partial charge on any atom is 0.309 e. The highest BCUT2D eigenvalue weighted by atomic mass is 16.5. The van der Waals surface area contributed by atoms with Crippen LogP contribution in [0, 0.1) is 11.8 Å². The highest BCUT2D eigenvalue weighted by Crippen LogP contribution is 2.32. The molecule has 2 unspecified atom stereocenters. The molecule has 0 aliphatic heterocycles. The van der Waals surface area contributed by atoms with Crippen LogP contribution in [0.2, 0.25) is 0 Å². The molecule has 1 saturated carbocycles. The number of rotatable bonds is 15. The van der Waals surface area contributed by atoms with Gasteiger partial charge in [-0.1, -0.05) is 90.4 Å². The number of ether oxygens (including phenoxy) is 2. The van der Waals surface area contributed by atoms with E-state index >= 15 is 0 Å². The predicted octanol–water partition coefficient (Wildman–Crippen LogP) is 6.21. The summed E-state index contributed by atoms with van der Waals surface area (Å²) in [6, 6.07) is 0. The third-order valence-electron chi connectivity index (χ3n) is 5.81. The lowest BCUT2D eigenvalue weighted by molar-refractivity contribution is -0.161. The summed E-state index contributed by atoms with van der Waals surface area (Å²) in [5.41, 5.74) is 0. The lowest BCUT2D eigenvalue weighted by Crippen LogP contribution is -2.34. The Morgan fingerprint density at radius 2 is 1.15 bits per heavy atom. The Bertz CT molecular complexity index is 394. The van der Waals surface area contributed by atoms with E-state index in [0.717, 1.165) is 38.5 Å². The van der Waals surface area contributed by atoms with Crippen molar-refractivity contribution in [2.75, 3.05) is 13.7 Å². The Kier molecular flexibility index (Phi) is 14.2. The van der Waals surface area contributed by atoms with Gasteiger partial charge in [0.15, 0.2) is 0 Å². The van der Waals surface area contributed by atoms with E-state index in [9.17, 15) is 9.59 Å². The Hall–Kier alpha value is -1.06. The molecule has 0 spiro atoms. The Labute approximate surface area is 166 Å². The number of esters is 2. The number of unbranched alkanes of at least 4 members (excludes halogenated alkanes) is 11. The first-order chi connectivity index (χ1) is 13.2. The quantitative estimate of drug-likeness (QED) is 0.249. The van der Waals surface area contributed by atoms with Crippen LogP contribution in [0.25, 0.3) is 0 Å². The van der Waals surface area contributed by atoms with Crippen LogP contribution in [0.4, 0.5) is 0 Å². The van der Waals surface area contributed by atoms with Crippen LogP contribution in [-0.2, 0) is 19.1 Å². The summed E-state index contributed by atoms with van der Waals surface area (Å²) >= 11 is 0. The van der Waals surface area contributed by atoms with Gasteiger partial charge >= 0.3 is 11.9 Å². The predicted molar refractivity (Wildman–Crippen MR) is 110 cm³/mol. The van der Waals surface area contributed by atoms with E-state index in [-0.39, 0.29) is 23.8 Å². The fraction of sp³-hybridized carbons (Fsp3) is 0.913. The van der Waals surface area contributed by atoms with Crippen LogP contribution in [0.5, 0.6) is 0 Å². The van der Waals surface area contributed by atoms with Gasteiger partial charge in [-0.25, -0.2) is 0 Å². The van der Waals surface area contributed by atoms with E-state index in [4.69, 9.17) is 9.47 Å². The summed E-state index contributed by atoms with van der Waals surface area (Å²) in [4.78, 5) is 24.1. The standard InChI is InChI=1S/C23H42O4/c1-3-4-5-6-7-8-9-10-11-12-13-16-19-27-23(25)21-18-15-14-17-20(21)22(24)26-2/h20-21H,3-19H2,1-2H3. The minimum absolute atomic E-state index is 0.201. The average molecular weight is 383 g/mol. The maximum atomic E-state index is 12.3. The van der Waals surface area contributed by atoms with Gasteiger partial charge in [-0.3, -0.25) is 9.59 Å². The summed E-state index contributed by atoms with van der Waals surface area (Å²) in [5, 5.41) is 0. The molecule has 4 nitrogen and oxygen atoms in total. The summed E-state index contributed by atoms with van der Waals surface area (Å²) in [7, 11) is 1.39. The number of carbonyl (C=O) groups is 2. The molecule has 0 amide bonds. The molecule has 0 aromatic carbocycles. The van der Waals surface area contributed by atoms with Crippen LogP contribution in [-0.4, -0.2) is 25.7 Å². The van der Waals surface area contributed by atoms with Crippen molar-refractivity contribution in [2.45, 2.75) is 110 Å². The smallest absolute Gasteiger partial charge is 0.309 e. The molecule has 0 aromatic heterocycles. The Morgan fingerprint density at radius 3 is 1.63 bits per heavy atom. The molecule has 0 heterocycles. The highest BCUT2D eigenvalue weighted by Gasteiger charge is 2.37. The molecule has 0 bridgehead atoms. The fourth-order valence-electron chi connectivity index (χ4n) is 4.07. The second kappa shape index (κ2) is 15.9. The number of hydrogen-bond donors (Lipinski definition) is 0. The van der Waals surface area contributed by atoms with Crippen molar-refractivity contribution >= 4 is 11.9 Å². The molecule has 2 atom stereocenters. The second-order valence-corrected chi connectivity index (χ2v) is 8.08. The van der Waals surface area contributed by atoms with Gasteiger partial charge in [0, 0.05) is 0 Å². The van der Waals surface area contributed by atoms with Crippen molar-refractivity contribution < 1.29 is 19.1 Å². The van der Waals surface area contributed by atoms with E-state index < -0.39 is 0 Å². The third-order valence-corrected chi connectivity index (χ3v) is 5.81. The second-order valence-electron chi connectivity index (χ2n) is 8.08. The van der Waals surface area contributed by atoms with Gasteiger partial charge < -0.3 is 9.47 Å². The number of methoxy groups -OCH3 is 1.